The lowest BCUT2D eigenvalue weighted by Gasteiger charge is -2.27. The maximum atomic E-state index is 13.9. The molecular formula is C14H18FN5. The molecule has 0 bridgehead atoms. The molecule has 3 rings (SSSR count). The van der Waals surface area contributed by atoms with E-state index in [9.17, 15) is 4.39 Å². The minimum absolute atomic E-state index is 0.142. The van der Waals surface area contributed by atoms with Gasteiger partial charge in [-0.15, -0.1) is 10.2 Å². The Bertz CT molecular complexity index is 595. The van der Waals surface area contributed by atoms with Crippen LogP contribution in [-0.4, -0.2) is 33.3 Å². The van der Waals surface area contributed by atoms with Crippen molar-refractivity contribution >= 4 is 0 Å². The minimum atomic E-state index is -0.142. The minimum Gasteiger partial charge on any atom is -0.316 e. The number of nitrogens with zero attached hydrogens (tertiary/aromatic N) is 4. The van der Waals surface area contributed by atoms with Gasteiger partial charge in [-0.25, -0.2) is 4.39 Å². The molecule has 20 heavy (non-hydrogen) atoms. The Hall–Kier alpha value is -1.79. The molecule has 1 aromatic heterocycles. The van der Waals surface area contributed by atoms with Gasteiger partial charge in [-0.2, -0.15) is 0 Å². The lowest BCUT2D eigenvalue weighted by atomic mass is 10.1. The molecule has 1 N–H and O–H groups in total. The lowest BCUT2D eigenvalue weighted by Crippen LogP contribution is -2.33. The molecule has 6 heteroatoms. The molecule has 0 unspecified atom stereocenters. The monoisotopic (exact) mass is 275 g/mol. The second kappa shape index (κ2) is 5.68. The van der Waals surface area contributed by atoms with Crippen LogP contribution in [0.1, 0.15) is 17.0 Å². The third-order valence-electron chi connectivity index (χ3n) is 3.60. The number of nitrogens with one attached hydrogen (secondary N) is 1. The molecule has 2 aromatic rings. The normalized spacial score (nSPS) is 15.3. The van der Waals surface area contributed by atoms with Crippen LogP contribution in [0, 0.1) is 5.82 Å². The fraction of sp³-hybridized carbons (Fsp3) is 0.429. The first-order valence-corrected chi connectivity index (χ1v) is 6.77. The van der Waals surface area contributed by atoms with Crippen LogP contribution in [0.5, 0.6) is 0 Å². The van der Waals surface area contributed by atoms with Crippen molar-refractivity contribution in [3.8, 4) is 0 Å². The van der Waals surface area contributed by atoms with Gasteiger partial charge in [-0.05, 0) is 18.7 Å². The molecule has 0 radical (unpaired) electrons. The van der Waals surface area contributed by atoms with E-state index in [1.54, 1.807) is 12.4 Å². The first-order chi connectivity index (χ1) is 9.76. The van der Waals surface area contributed by atoms with E-state index in [0.29, 0.717) is 6.54 Å². The maximum absolute atomic E-state index is 13.9. The number of rotatable bonds is 4. The molecule has 0 aliphatic carbocycles. The second-order valence-corrected chi connectivity index (χ2v) is 5.11. The summed E-state index contributed by atoms with van der Waals surface area (Å²) in [7, 11) is 1.89. The smallest absolute Gasteiger partial charge is 0.147 e. The Morgan fingerprint density at radius 3 is 3.10 bits per heavy atom. The quantitative estimate of drug-likeness (QED) is 0.909. The molecular weight excluding hydrogens is 257 g/mol. The van der Waals surface area contributed by atoms with E-state index in [1.165, 1.54) is 0 Å². The van der Waals surface area contributed by atoms with E-state index in [2.05, 4.69) is 20.4 Å². The van der Waals surface area contributed by atoms with Gasteiger partial charge in [0.05, 0.1) is 6.54 Å². The molecule has 2 heterocycles. The number of hydrogen-bond acceptors (Lipinski definition) is 4. The number of halogens is 1. The van der Waals surface area contributed by atoms with Crippen LogP contribution in [0.4, 0.5) is 4.39 Å². The van der Waals surface area contributed by atoms with E-state index < -0.39 is 0 Å². The molecule has 0 fully saturated rings. The first kappa shape index (κ1) is 13.2. The average molecular weight is 275 g/mol. The number of hydrogen-bond donors (Lipinski definition) is 1. The van der Waals surface area contributed by atoms with Crippen molar-refractivity contribution in [1.29, 1.82) is 0 Å². The highest BCUT2D eigenvalue weighted by atomic mass is 19.1. The molecule has 1 aliphatic rings. The molecule has 0 atom stereocenters. The predicted octanol–water partition coefficient (Wildman–Crippen LogP) is 1.15. The summed E-state index contributed by atoms with van der Waals surface area (Å²) in [5.41, 5.74) is 1.84. The number of fused-ring (bicyclic) bond motifs is 1. The summed E-state index contributed by atoms with van der Waals surface area (Å²) in [6, 6.07) is 5.31. The van der Waals surface area contributed by atoms with E-state index >= 15 is 0 Å². The summed E-state index contributed by atoms with van der Waals surface area (Å²) in [4.78, 5) is 2.20. The predicted molar refractivity (Wildman–Crippen MR) is 73.3 cm³/mol. The molecule has 5 nitrogen and oxygen atoms in total. The molecule has 0 saturated carbocycles. The summed E-state index contributed by atoms with van der Waals surface area (Å²) < 4.78 is 16.0. The van der Waals surface area contributed by atoms with Gasteiger partial charge in [0.25, 0.3) is 0 Å². The Morgan fingerprint density at radius 1 is 1.35 bits per heavy atom. The molecule has 0 spiro atoms. The van der Waals surface area contributed by atoms with Crippen LogP contribution in [0.15, 0.2) is 24.5 Å². The van der Waals surface area contributed by atoms with E-state index in [0.717, 1.165) is 43.1 Å². The van der Waals surface area contributed by atoms with Crippen molar-refractivity contribution < 1.29 is 4.39 Å². The highest BCUT2D eigenvalue weighted by Crippen LogP contribution is 2.17. The van der Waals surface area contributed by atoms with Gasteiger partial charge in [0.2, 0.25) is 0 Å². The number of benzene rings is 1. The fourth-order valence-corrected chi connectivity index (χ4v) is 2.56. The Labute approximate surface area is 117 Å². The molecule has 106 valence electrons. The summed E-state index contributed by atoms with van der Waals surface area (Å²) in [5, 5.41) is 11.1. The third kappa shape index (κ3) is 2.71. The second-order valence-electron chi connectivity index (χ2n) is 5.11. The van der Waals surface area contributed by atoms with Crippen LogP contribution < -0.4 is 5.32 Å². The van der Waals surface area contributed by atoms with Crippen molar-refractivity contribution in [3.63, 3.8) is 0 Å². The van der Waals surface area contributed by atoms with Gasteiger partial charge in [-0.3, -0.25) is 4.90 Å². The van der Waals surface area contributed by atoms with Crippen molar-refractivity contribution in [2.45, 2.75) is 26.2 Å². The van der Waals surface area contributed by atoms with E-state index in [-0.39, 0.29) is 5.82 Å². The zero-order valence-electron chi connectivity index (χ0n) is 11.5. The van der Waals surface area contributed by atoms with Crippen LogP contribution in [-0.2, 0) is 26.2 Å². The van der Waals surface area contributed by atoms with Crippen LogP contribution in [0.2, 0.25) is 0 Å². The average Bonchev–Trinajstić information content (AvgIpc) is 2.90. The van der Waals surface area contributed by atoms with E-state index in [1.807, 2.05) is 23.7 Å². The van der Waals surface area contributed by atoms with Crippen LogP contribution in [0.25, 0.3) is 0 Å². The largest absolute Gasteiger partial charge is 0.316 e. The highest BCUT2D eigenvalue weighted by molar-refractivity contribution is 5.25. The van der Waals surface area contributed by atoms with Gasteiger partial charge >= 0.3 is 0 Å². The maximum Gasteiger partial charge on any atom is 0.147 e. The van der Waals surface area contributed by atoms with Gasteiger partial charge in [0, 0.05) is 31.7 Å². The molecule has 1 aliphatic heterocycles. The SMILES string of the molecule is CNCc1ccc(F)c(CN2CCn3cnnc3C2)c1. The molecule has 0 saturated heterocycles. The van der Waals surface area contributed by atoms with Gasteiger partial charge in [0.1, 0.15) is 18.0 Å². The summed E-state index contributed by atoms with van der Waals surface area (Å²) in [6.07, 6.45) is 1.75. The lowest BCUT2D eigenvalue weighted by molar-refractivity contribution is 0.206. The van der Waals surface area contributed by atoms with Crippen LogP contribution in [0.3, 0.4) is 0 Å². The fourth-order valence-electron chi connectivity index (χ4n) is 2.56. The van der Waals surface area contributed by atoms with Gasteiger partial charge < -0.3 is 9.88 Å². The zero-order chi connectivity index (χ0) is 13.9. The summed E-state index contributed by atoms with van der Waals surface area (Å²) >= 11 is 0. The Morgan fingerprint density at radius 2 is 2.25 bits per heavy atom. The first-order valence-electron chi connectivity index (χ1n) is 6.77. The van der Waals surface area contributed by atoms with E-state index in [4.69, 9.17) is 0 Å². The van der Waals surface area contributed by atoms with Crippen molar-refractivity contribution in [2.75, 3.05) is 13.6 Å². The van der Waals surface area contributed by atoms with Crippen LogP contribution >= 0.6 is 0 Å². The Kier molecular flexibility index (Phi) is 3.75. The molecule has 1 aromatic carbocycles. The highest BCUT2D eigenvalue weighted by Gasteiger charge is 2.18. The number of aromatic nitrogens is 3. The van der Waals surface area contributed by atoms with Gasteiger partial charge in [0.15, 0.2) is 0 Å². The zero-order valence-corrected chi connectivity index (χ0v) is 11.5. The Balaban J connectivity index is 1.73. The van der Waals surface area contributed by atoms with Gasteiger partial charge in [-0.1, -0.05) is 12.1 Å². The van der Waals surface area contributed by atoms with Crippen molar-refractivity contribution in [2.24, 2.45) is 0 Å². The summed E-state index contributed by atoms with van der Waals surface area (Å²) in [6.45, 7) is 3.83. The van der Waals surface area contributed by atoms with Crippen molar-refractivity contribution in [1.82, 2.24) is 25.0 Å². The van der Waals surface area contributed by atoms with Crippen molar-refractivity contribution in [3.05, 3.63) is 47.3 Å². The third-order valence-corrected chi connectivity index (χ3v) is 3.60. The topological polar surface area (TPSA) is 46.0 Å². The molecule has 0 amide bonds. The summed E-state index contributed by atoms with van der Waals surface area (Å²) in [5.74, 6) is 0.805. The standard InChI is InChI=1S/C14H18FN5/c1-16-7-11-2-3-13(15)12(6-11)8-19-4-5-20-10-17-18-14(20)9-19/h2-3,6,10,16H,4-5,7-9H2,1H3.